The lowest BCUT2D eigenvalue weighted by Crippen LogP contribution is -2.12. The van der Waals surface area contributed by atoms with Crippen LogP contribution < -0.4 is 15.8 Å². The first-order chi connectivity index (χ1) is 18.1. The number of thiophene rings is 1. The first-order valence-electron chi connectivity index (χ1n) is 11.8. The number of amides is 1. The standard InChI is InChI=1S/C31H23N3O2S/c1-36-26-17-8-7-15-22(26)23-18-25(20-11-3-2-4-12-20)34-31-27(23)28(32)29(37-31)30(35)33-24-16-9-13-19-10-5-6-14-21(19)24/h2-18H,32H2,1H3,(H,33,35). The number of anilines is 2. The number of pyridine rings is 1. The average Bonchev–Trinajstić information content (AvgIpc) is 3.29. The van der Waals surface area contributed by atoms with Crippen LogP contribution in [-0.2, 0) is 0 Å². The van der Waals surface area contributed by atoms with Crippen molar-refractivity contribution in [1.29, 1.82) is 0 Å². The molecule has 0 unspecified atom stereocenters. The Kier molecular flexibility index (Phi) is 5.79. The highest BCUT2D eigenvalue weighted by Gasteiger charge is 2.23. The average molecular weight is 502 g/mol. The first-order valence-corrected chi connectivity index (χ1v) is 12.7. The summed E-state index contributed by atoms with van der Waals surface area (Å²) in [4.78, 5) is 19.6. The molecule has 1 amide bonds. The van der Waals surface area contributed by atoms with E-state index in [1.807, 2.05) is 103 Å². The van der Waals surface area contributed by atoms with Gasteiger partial charge in [0.05, 0.1) is 18.5 Å². The van der Waals surface area contributed by atoms with Crippen LogP contribution in [0.3, 0.4) is 0 Å². The molecule has 0 saturated carbocycles. The minimum Gasteiger partial charge on any atom is -0.496 e. The molecule has 0 spiro atoms. The Morgan fingerprint density at radius 2 is 1.59 bits per heavy atom. The highest BCUT2D eigenvalue weighted by Crippen LogP contribution is 2.44. The molecule has 37 heavy (non-hydrogen) atoms. The summed E-state index contributed by atoms with van der Waals surface area (Å²) in [5, 5.41) is 5.84. The number of aromatic nitrogens is 1. The molecule has 2 heterocycles. The quantitative estimate of drug-likeness (QED) is 0.255. The van der Waals surface area contributed by atoms with Crippen molar-refractivity contribution in [2.45, 2.75) is 0 Å². The van der Waals surface area contributed by atoms with Crippen molar-refractivity contribution in [1.82, 2.24) is 4.98 Å². The number of nitrogen functional groups attached to an aromatic ring is 1. The fourth-order valence-electron chi connectivity index (χ4n) is 4.64. The maximum Gasteiger partial charge on any atom is 0.267 e. The topological polar surface area (TPSA) is 77.2 Å². The van der Waals surface area contributed by atoms with Crippen LogP contribution in [0, 0.1) is 0 Å². The molecule has 0 aliphatic rings. The molecular weight excluding hydrogens is 478 g/mol. The Balaban J connectivity index is 1.53. The van der Waals surface area contributed by atoms with Gasteiger partial charge in [0.2, 0.25) is 0 Å². The highest BCUT2D eigenvalue weighted by molar-refractivity contribution is 7.21. The second kappa shape index (κ2) is 9.41. The number of hydrogen-bond donors (Lipinski definition) is 2. The molecule has 180 valence electrons. The molecule has 0 radical (unpaired) electrons. The zero-order valence-electron chi connectivity index (χ0n) is 20.1. The van der Waals surface area contributed by atoms with E-state index < -0.39 is 0 Å². The monoisotopic (exact) mass is 501 g/mol. The molecule has 0 saturated heterocycles. The van der Waals surface area contributed by atoms with Crippen molar-refractivity contribution in [3.05, 3.63) is 108 Å². The number of carbonyl (C=O) groups is 1. The third-order valence-corrected chi connectivity index (χ3v) is 7.51. The summed E-state index contributed by atoms with van der Waals surface area (Å²) in [5.41, 5.74) is 11.4. The van der Waals surface area contributed by atoms with Gasteiger partial charge in [-0.1, -0.05) is 84.9 Å². The molecule has 4 aromatic carbocycles. The lowest BCUT2D eigenvalue weighted by atomic mass is 9.98. The van der Waals surface area contributed by atoms with Gasteiger partial charge in [0.1, 0.15) is 15.5 Å². The number of rotatable bonds is 5. The molecule has 0 bridgehead atoms. The Hall–Kier alpha value is -4.68. The van der Waals surface area contributed by atoms with Gasteiger partial charge in [-0.05, 0) is 29.1 Å². The molecule has 2 aromatic heterocycles. The summed E-state index contributed by atoms with van der Waals surface area (Å²) in [6.07, 6.45) is 0. The van der Waals surface area contributed by atoms with E-state index >= 15 is 0 Å². The minimum absolute atomic E-state index is 0.260. The van der Waals surface area contributed by atoms with Gasteiger partial charge in [-0.25, -0.2) is 4.98 Å². The number of hydrogen-bond acceptors (Lipinski definition) is 5. The fourth-order valence-corrected chi connectivity index (χ4v) is 5.65. The summed E-state index contributed by atoms with van der Waals surface area (Å²) in [5.74, 6) is 0.463. The lowest BCUT2D eigenvalue weighted by molar-refractivity contribution is 0.103. The van der Waals surface area contributed by atoms with Crippen molar-refractivity contribution in [3.8, 4) is 28.1 Å². The smallest absolute Gasteiger partial charge is 0.267 e. The van der Waals surface area contributed by atoms with Crippen molar-refractivity contribution in [2.24, 2.45) is 0 Å². The second-order valence-electron chi connectivity index (χ2n) is 8.63. The van der Waals surface area contributed by atoms with Gasteiger partial charge in [0.15, 0.2) is 0 Å². The SMILES string of the molecule is COc1ccccc1-c1cc(-c2ccccc2)nc2sc(C(=O)Nc3cccc4ccccc34)c(N)c12. The summed E-state index contributed by atoms with van der Waals surface area (Å²) in [6, 6.07) is 33.6. The van der Waals surface area contributed by atoms with Crippen molar-refractivity contribution in [3.63, 3.8) is 0 Å². The van der Waals surface area contributed by atoms with Gasteiger partial charge in [-0.15, -0.1) is 11.3 Å². The number of nitrogens with two attached hydrogens (primary N) is 1. The van der Waals surface area contributed by atoms with Gasteiger partial charge in [0.25, 0.3) is 5.91 Å². The first kappa shape index (κ1) is 22.8. The number of nitrogens with zero attached hydrogens (tertiary/aromatic N) is 1. The van der Waals surface area contributed by atoms with Crippen LogP contribution in [0.1, 0.15) is 9.67 Å². The summed E-state index contributed by atoms with van der Waals surface area (Å²) >= 11 is 1.30. The van der Waals surface area contributed by atoms with Crippen LogP contribution in [0.25, 0.3) is 43.4 Å². The fraction of sp³-hybridized carbons (Fsp3) is 0.0323. The molecular formula is C31H23N3O2S. The van der Waals surface area contributed by atoms with Crippen LogP contribution >= 0.6 is 11.3 Å². The molecule has 6 heteroatoms. The van der Waals surface area contributed by atoms with E-state index in [2.05, 4.69) is 5.32 Å². The van der Waals surface area contributed by atoms with Crippen molar-refractivity contribution >= 4 is 49.6 Å². The van der Waals surface area contributed by atoms with E-state index in [1.54, 1.807) is 7.11 Å². The normalized spacial score (nSPS) is 11.1. The number of methoxy groups -OCH3 is 1. The number of benzene rings is 4. The zero-order valence-corrected chi connectivity index (χ0v) is 20.9. The summed E-state index contributed by atoms with van der Waals surface area (Å²) < 4.78 is 5.67. The van der Waals surface area contributed by atoms with Gasteiger partial charge in [-0.2, -0.15) is 0 Å². The minimum atomic E-state index is -0.260. The molecule has 5 nitrogen and oxygen atoms in total. The van der Waals surface area contributed by atoms with Crippen LogP contribution in [0.4, 0.5) is 11.4 Å². The van der Waals surface area contributed by atoms with Crippen molar-refractivity contribution in [2.75, 3.05) is 18.2 Å². The molecule has 0 aliphatic heterocycles. The molecule has 0 fully saturated rings. The van der Waals surface area contributed by atoms with Crippen LogP contribution in [0.2, 0.25) is 0 Å². The molecule has 0 atom stereocenters. The summed E-state index contributed by atoms with van der Waals surface area (Å²) in [6.45, 7) is 0. The molecule has 6 rings (SSSR count). The third-order valence-electron chi connectivity index (χ3n) is 6.41. The van der Waals surface area contributed by atoms with Gasteiger partial charge >= 0.3 is 0 Å². The maximum atomic E-state index is 13.5. The van der Waals surface area contributed by atoms with Gasteiger partial charge in [-0.3, -0.25) is 4.79 Å². The molecule has 3 N–H and O–H groups in total. The highest BCUT2D eigenvalue weighted by atomic mass is 32.1. The number of ether oxygens (including phenoxy) is 1. The lowest BCUT2D eigenvalue weighted by Gasteiger charge is -2.12. The second-order valence-corrected chi connectivity index (χ2v) is 9.63. The predicted octanol–water partition coefficient (Wildman–Crippen LogP) is 7.63. The number of para-hydroxylation sites is 1. The Morgan fingerprint density at radius 1 is 0.865 bits per heavy atom. The number of nitrogens with one attached hydrogen (secondary N) is 1. The Bertz CT molecular complexity index is 1770. The van der Waals surface area contributed by atoms with E-state index in [-0.39, 0.29) is 5.91 Å². The predicted molar refractivity (Wildman–Crippen MR) is 153 cm³/mol. The van der Waals surface area contributed by atoms with Gasteiger partial charge in [0, 0.05) is 27.6 Å². The molecule has 0 aliphatic carbocycles. The van der Waals surface area contributed by atoms with Crippen LogP contribution in [0.15, 0.2) is 103 Å². The van der Waals surface area contributed by atoms with E-state index in [1.165, 1.54) is 11.3 Å². The number of carbonyl (C=O) groups excluding carboxylic acids is 1. The van der Waals surface area contributed by atoms with Crippen molar-refractivity contribution < 1.29 is 9.53 Å². The number of fused-ring (bicyclic) bond motifs is 2. The largest absolute Gasteiger partial charge is 0.496 e. The van der Waals surface area contributed by atoms with Crippen LogP contribution in [0.5, 0.6) is 5.75 Å². The maximum absolute atomic E-state index is 13.5. The van der Waals surface area contributed by atoms with Crippen LogP contribution in [-0.4, -0.2) is 18.0 Å². The molecule has 6 aromatic rings. The third kappa shape index (κ3) is 4.07. The van der Waals surface area contributed by atoms with Gasteiger partial charge < -0.3 is 15.8 Å². The Labute approximate surface area is 218 Å². The zero-order chi connectivity index (χ0) is 25.4. The van der Waals surface area contributed by atoms with E-state index in [0.717, 1.165) is 50.0 Å². The van der Waals surface area contributed by atoms with E-state index in [9.17, 15) is 4.79 Å². The summed E-state index contributed by atoms with van der Waals surface area (Å²) in [7, 11) is 1.65. The van der Waals surface area contributed by atoms with E-state index in [0.29, 0.717) is 15.4 Å². The van der Waals surface area contributed by atoms with E-state index in [4.69, 9.17) is 15.5 Å². The Morgan fingerprint density at radius 3 is 2.43 bits per heavy atom.